The van der Waals surface area contributed by atoms with E-state index in [4.69, 9.17) is 27.2 Å². The van der Waals surface area contributed by atoms with E-state index in [9.17, 15) is 9.59 Å². The van der Waals surface area contributed by atoms with Crippen LogP contribution in [0, 0.1) is 0 Å². The molecular weight excluding hydrogens is 258 g/mol. The maximum atomic E-state index is 10.9. The van der Waals surface area contributed by atoms with Crippen LogP contribution < -0.4 is 10.5 Å². The van der Waals surface area contributed by atoms with Crippen LogP contribution in [0.3, 0.4) is 0 Å². The van der Waals surface area contributed by atoms with Gasteiger partial charge in [0, 0.05) is 11.6 Å². The molecule has 18 heavy (non-hydrogen) atoms. The van der Waals surface area contributed by atoms with E-state index in [1.807, 2.05) is 0 Å². The first-order valence-electron chi connectivity index (χ1n) is 5.07. The smallest absolute Gasteiger partial charge is 0.328 e. The molecule has 0 fully saturated rings. The second kappa shape index (κ2) is 6.07. The van der Waals surface area contributed by atoms with Crippen molar-refractivity contribution in [2.75, 3.05) is 0 Å². The molecule has 1 atom stereocenters. The van der Waals surface area contributed by atoms with Crippen LogP contribution in [-0.4, -0.2) is 23.1 Å². The fraction of sp³-hybridized carbons (Fsp3) is 0.167. The highest BCUT2D eigenvalue weighted by molar-refractivity contribution is 6.32. The van der Waals surface area contributed by atoms with Gasteiger partial charge in [0.2, 0.25) is 0 Å². The van der Waals surface area contributed by atoms with Crippen LogP contribution >= 0.6 is 11.6 Å². The lowest BCUT2D eigenvalue weighted by Crippen LogP contribution is -2.30. The number of primary amides is 1. The van der Waals surface area contributed by atoms with Crippen molar-refractivity contribution in [3.8, 4) is 5.75 Å². The van der Waals surface area contributed by atoms with Crippen LogP contribution in [0.5, 0.6) is 5.75 Å². The molecule has 0 radical (unpaired) electrons. The van der Waals surface area contributed by atoms with Gasteiger partial charge in [0.15, 0.2) is 6.10 Å². The Labute approximate surface area is 109 Å². The average molecular weight is 270 g/mol. The summed E-state index contributed by atoms with van der Waals surface area (Å²) in [7, 11) is 0. The van der Waals surface area contributed by atoms with Gasteiger partial charge in [-0.25, -0.2) is 4.79 Å². The number of carbonyl (C=O) groups excluding carboxylic acids is 1. The number of para-hydroxylation sites is 1. The molecule has 0 saturated carbocycles. The summed E-state index contributed by atoms with van der Waals surface area (Å²) in [5.41, 5.74) is 5.54. The lowest BCUT2D eigenvalue weighted by Gasteiger charge is -2.14. The maximum Gasteiger partial charge on any atom is 0.328 e. The van der Waals surface area contributed by atoms with Crippen molar-refractivity contribution in [1.29, 1.82) is 0 Å². The minimum atomic E-state index is -1.09. The van der Waals surface area contributed by atoms with Gasteiger partial charge >= 0.3 is 5.97 Å². The van der Waals surface area contributed by atoms with Crippen molar-refractivity contribution < 1.29 is 19.4 Å². The maximum absolute atomic E-state index is 10.9. The van der Waals surface area contributed by atoms with Crippen LogP contribution in [0.15, 0.2) is 24.3 Å². The van der Waals surface area contributed by atoms with Gasteiger partial charge in [0.25, 0.3) is 5.91 Å². The molecule has 1 aromatic rings. The Kier molecular flexibility index (Phi) is 4.74. The molecule has 0 spiro atoms. The largest absolute Gasteiger partial charge is 0.479 e. The minimum Gasteiger partial charge on any atom is -0.479 e. The van der Waals surface area contributed by atoms with E-state index in [-0.39, 0.29) is 10.8 Å². The third-order valence-corrected chi connectivity index (χ3v) is 2.40. The second-order valence-electron chi connectivity index (χ2n) is 3.49. The van der Waals surface area contributed by atoms with Crippen LogP contribution in [0.25, 0.3) is 6.08 Å². The summed E-state index contributed by atoms with van der Waals surface area (Å²) < 4.78 is 5.32. The molecule has 1 aromatic carbocycles. The topological polar surface area (TPSA) is 89.6 Å². The van der Waals surface area contributed by atoms with Gasteiger partial charge in [-0.15, -0.1) is 0 Å². The zero-order valence-electron chi connectivity index (χ0n) is 9.59. The predicted octanol–water partition coefficient (Wildman–Crippen LogP) is 1.69. The molecule has 0 bridgehead atoms. The van der Waals surface area contributed by atoms with E-state index < -0.39 is 18.0 Å². The Morgan fingerprint density at radius 3 is 2.72 bits per heavy atom. The summed E-state index contributed by atoms with van der Waals surface area (Å²) in [6.07, 6.45) is 1.42. The Bertz CT molecular complexity index is 499. The molecular formula is C12H12ClNO4. The number of benzene rings is 1. The van der Waals surface area contributed by atoms with Crippen LogP contribution in [0.2, 0.25) is 5.02 Å². The van der Waals surface area contributed by atoms with E-state index in [0.29, 0.717) is 5.56 Å². The molecule has 5 nitrogen and oxygen atoms in total. The molecule has 0 aromatic heterocycles. The molecule has 3 N–H and O–H groups in total. The first-order chi connectivity index (χ1) is 8.41. The van der Waals surface area contributed by atoms with Crippen molar-refractivity contribution >= 4 is 29.6 Å². The Hall–Kier alpha value is -2.01. The number of hydrogen-bond donors (Lipinski definition) is 2. The number of rotatable bonds is 5. The third kappa shape index (κ3) is 3.78. The predicted molar refractivity (Wildman–Crippen MR) is 67.4 cm³/mol. The second-order valence-corrected chi connectivity index (χ2v) is 3.90. The van der Waals surface area contributed by atoms with E-state index in [0.717, 1.165) is 6.08 Å². The van der Waals surface area contributed by atoms with E-state index >= 15 is 0 Å². The van der Waals surface area contributed by atoms with Gasteiger partial charge in [0.1, 0.15) is 5.75 Å². The van der Waals surface area contributed by atoms with Gasteiger partial charge in [-0.05, 0) is 19.1 Å². The first-order valence-corrected chi connectivity index (χ1v) is 5.45. The Morgan fingerprint density at radius 2 is 2.17 bits per heavy atom. The number of carbonyl (C=O) groups is 2. The molecule has 0 aliphatic rings. The Morgan fingerprint density at radius 1 is 1.50 bits per heavy atom. The van der Waals surface area contributed by atoms with Crippen molar-refractivity contribution in [2.45, 2.75) is 13.0 Å². The van der Waals surface area contributed by atoms with Gasteiger partial charge in [-0.1, -0.05) is 23.7 Å². The van der Waals surface area contributed by atoms with Crippen LogP contribution in [0.4, 0.5) is 0 Å². The number of halogens is 1. The third-order valence-electron chi connectivity index (χ3n) is 2.10. The molecule has 96 valence electrons. The van der Waals surface area contributed by atoms with Crippen LogP contribution in [0.1, 0.15) is 12.5 Å². The number of aliphatic carboxylic acids is 1. The number of amides is 1. The normalized spacial score (nSPS) is 12.3. The summed E-state index contributed by atoms with van der Waals surface area (Å²) in [5, 5.41) is 8.84. The van der Waals surface area contributed by atoms with Gasteiger partial charge < -0.3 is 15.6 Å². The van der Waals surface area contributed by atoms with Crippen molar-refractivity contribution in [2.24, 2.45) is 5.73 Å². The highest BCUT2D eigenvalue weighted by Crippen LogP contribution is 2.30. The summed E-state index contributed by atoms with van der Waals surface area (Å²) in [6.45, 7) is 1.48. The fourth-order valence-corrected chi connectivity index (χ4v) is 1.40. The average Bonchev–Trinajstić information content (AvgIpc) is 2.29. The molecule has 0 heterocycles. The minimum absolute atomic E-state index is 0.225. The van der Waals surface area contributed by atoms with Crippen molar-refractivity contribution in [3.63, 3.8) is 0 Å². The highest BCUT2D eigenvalue weighted by atomic mass is 35.5. The van der Waals surface area contributed by atoms with E-state index in [1.54, 1.807) is 18.2 Å². The zero-order chi connectivity index (χ0) is 13.7. The van der Waals surface area contributed by atoms with Gasteiger partial charge in [-0.3, -0.25) is 4.79 Å². The van der Waals surface area contributed by atoms with Gasteiger partial charge in [0.05, 0.1) is 5.02 Å². The van der Waals surface area contributed by atoms with Crippen molar-refractivity contribution in [1.82, 2.24) is 0 Å². The number of carboxylic acid groups (broad SMARTS) is 1. The molecule has 0 aliphatic heterocycles. The van der Waals surface area contributed by atoms with Gasteiger partial charge in [-0.2, -0.15) is 0 Å². The van der Waals surface area contributed by atoms with E-state index in [2.05, 4.69) is 0 Å². The quantitative estimate of drug-likeness (QED) is 0.796. The number of hydrogen-bond acceptors (Lipinski definition) is 3. The molecule has 1 unspecified atom stereocenters. The Balaban J connectivity index is 3.08. The molecule has 1 rings (SSSR count). The summed E-state index contributed by atoms with van der Waals surface area (Å²) in [5.74, 6) is -1.50. The molecule has 1 amide bonds. The highest BCUT2D eigenvalue weighted by Gasteiger charge is 2.14. The standard InChI is InChI=1S/C12H12ClNO4/c1-7(12(14)17)18-11-8(5-6-10(15)16)3-2-4-9(11)13/h2-7H,1H3,(H2,14,17)(H,15,16)/b6-5+. The molecule has 0 aliphatic carbocycles. The lowest BCUT2D eigenvalue weighted by molar-refractivity contribution is -0.131. The molecule has 6 heteroatoms. The van der Waals surface area contributed by atoms with Crippen molar-refractivity contribution in [3.05, 3.63) is 34.9 Å². The monoisotopic (exact) mass is 269 g/mol. The molecule has 0 saturated heterocycles. The SMILES string of the molecule is CC(Oc1c(Cl)cccc1/C=C/C(=O)O)C(N)=O. The summed E-state index contributed by atoms with van der Waals surface area (Å²) >= 11 is 5.94. The van der Waals surface area contributed by atoms with E-state index in [1.165, 1.54) is 13.0 Å². The number of ether oxygens (including phenoxy) is 1. The van der Waals surface area contributed by atoms with Crippen LogP contribution in [-0.2, 0) is 9.59 Å². The number of carboxylic acids is 1. The fourth-order valence-electron chi connectivity index (χ4n) is 1.18. The summed E-state index contributed by atoms with van der Waals surface area (Å²) in [6, 6.07) is 4.84. The summed E-state index contributed by atoms with van der Waals surface area (Å²) in [4.78, 5) is 21.4. The lowest BCUT2D eigenvalue weighted by atomic mass is 10.2. The zero-order valence-corrected chi connectivity index (χ0v) is 10.3. The number of nitrogens with two attached hydrogens (primary N) is 1. The first kappa shape index (κ1) is 14.1.